The number of hydrogen-bond donors (Lipinski definition) is 1. The molecule has 0 saturated heterocycles. The van der Waals surface area contributed by atoms with Crippen LogP contribution in [0.5, 0.6) is 0 Å². The van der Waals surface area contributed by atoms with Crippen molar-refractivity contribution in [3.05, 3.63) is 38.3 Å². The molecule has 2 rings (SSSR count). The van der Waals surface area contributed by atoms with E-state index in [1.165, 1.54) is 0 Å². The van der Waals surface area contributed by atoms with Crippen molar-refractivity contribution < 1.29 is 5.11 Å². The molecule has 2 aromatic rings. The van der Waals surface area contributed by atoms with Crippen molar-refractivity contribution in [3.63, 3.8) is 0 Å². The van der Waals surface area contributed by atoms with Gasteiger partial charge in [-0.3, -0.25) is 4.68 Å². The number of aromatic nitrogens is 2. The first-order chi connectivity index (χ1) is 9.00. The molecule has 0 aromatic carbocycles. The molecule has 1 N–H and O–H groups in total. The van der Waals surface area contributed by atoms with Gasteiger partial charge in [0.05, 0.1) is 22.9 Å². The first kappa shape index (κ1) is 14.7. The zero-order valence-electron chi connectivity index (χ0n) is 11.3. The number of aliphatic hydroxyl groups excluding tert-OH is 1. The number of thiophene rings is 1. The highest BCUT2D eigenvalue weighted by Gasteiger charge is 2.22. The first-order valence-electron chi connectivity index (χ1n) is 6.08. The van der Waals surface area contributed by atoms with E-state index in [1.807, 2.05) is 37.1 Å². The van der Waals surface area contributed by atoms with Crippen molar-refractivity contribution in [1.29, 1.82) is 0 Å². The lowest BCUT2D eigenvalue weighted by Crippen LogP contribution is -2.21. The molecular weight excluding hydrogens is 326 g/mol. The van der Waals surface area contributed by atoms with E-state index in [2.05, 4.69) is 25.9 Å². The number of hydrogen-bond acceptors (Lipinski definition) is 4. The molecule has 2 heterocycles. The van der Waals surface area contributed by atoms with Crippen molar-refractivity contribution >= 4 is 27.3 Å². The van der Waals surface area contributed by atoms with Crippen LogP contribution in [0.15, 0.2) is 22.1 Å². The number of nitrogens with zero attached hydrogens (tertiary/aromatic N) is 3. The second-order valence-electron chi connectivity index (χ2n) is 4.77. The largest absolute Gasteiger partial charge is 0.381 e. The number of aliphatic hydroxyl groups is 1. The fraction of sp³-hybridized carbons (Fsp3) is 0.462. The van der Waals surface area contributed by atoms with Gasteiger partial charge in [-0.15, -0.1) is 11.3 Å². The first-order valence-corrected chi connectivity index (χ1v) is 7.76. The van der Waals surface area contributed by atoms with Crippen LogP contribution in [0.2, 0.25) is 0 Å². The van der Waals surface area contributed by atoms with E-state index in [9.17, 15) is 5.11 Å². The number of rotatable bonds is 5. The van der Waals surface area contributed by atoms with Gasteiger partial charge in [0.25, 0.3) is 0 Å². The summed E-state index contributed by atoms with van der Waals surface area (Å²) in [4.78, 5) is 3.08. The average molecular weight is 344 g/mol. The minimum Gasteiger partial charge on any atom is -0.381 e. The molecule has 1 atom stereocenters. The van der Waals surface area contributed by atoms with Gasteiger partial charge in [-0.2, -0.15) is 5.10 Å². The maximum atomic E-state index is 10.6. The zero-order valence-corrected chi connectivity index (χ0v) is 13.7. The van der Waals surface area contributed by atoms with Crippen LogP contribution in [0, 0.1) is 6.92 Å². The second kappa shape index (κ2) is 6.17. The third-order valence-corrected chi connectivity index (χ3v) is 4.68. The maximum Gasteiger partial charge on any atom is 0.131 e. The molecule has 0 aliphatic rings. The van der Waals surface area contributed by atoms with Crippen molar-refractivity contribution in [2.45, 2.75) is 19.6 Å². The van der Waals surface area contributed by atoms with Crippen LogP contribution in [-0.4, -0.2) is 40.4 Å². The van der Waals surface area contributed by atoms with E-state index in [-0.39, 0.29) is 0 Å². The molecule has 0 aliphatic carbocycles. The Morgan fingerprint density at radius 3 is 2.84 bits per heavy atom. The van der Waals surface area contributed by atoms with Gasteiger partial charge in [0.2, 0.25) is 0 Å². The van der Waals surface area contributed by atoms with E-state index in [1.54, 1.807) is 17.5 Å². The van der Waals surface area contributed by atoms with E-state index in [0.717, 1.165) is 33.7 Å². The van der Waals surface area contributed by atoms with Crippen LogP contribution in [0.25, 0.3) is 0 Å². The van der Waals surface area contributed by atoms with Gasteiger partial charge in [0, 0.05) is 11.4 Å². The standard InChI is InChI=1S/C13H18BrN3OS/c1-9-4-7-19-13(9)12(18)11-10(14)8-15-17(11)6-5-16(2)3/h4,7-8,12,18H,5-6H2,1-3H3. The van der Waals surface area contributed by atoms with Crippen molar-refractivity contribution in [3.8, 4) is 0 Å². The molecule has 0 spiro atoms. The Morgan fingerprint density at radius 2 is 2.26 bits per heavy atom. The van der Waals surface area contributed by atoms with Crippen LogP contribution < -0.4 is 0 Å². The second-order valence-corrected chi connectivity index (χ2v) is 6.58. The third kappa shape index (κ3) is 3.25. The molecule has 2 aromatic heterocycles. The van der Waals surface area contributed by atoms with Gasteiger partial charge >= 0.3 is 0 Å². The Morgan fingerprint density at radius 1 is 1.53 bits per heavy atom. The highest BCUT2D eigenvalue weighted by Crippen LogP contribution is 2.33. The van der Waals surface area contributed by atoms with Gasteiger partial charge in [-0.25, -0.2) is 0 Å². The number of aryl methyl sites for hydroxylation is 1. The molecule has 1 unspecified atom stereocenters. The lowest BCUT2D eigenvalue weighted by molar-refractivity contribution is 0.208. The Kier molecular flexibility index (Phi) is 4.78. The maximum absolute atomic E-state index is 10.6. The summed E-state index contributed by atoms with van der Waals surface area (Å²) in [6.45, 7) is 3.66. The molecule has 104 valence electrons. The summed E-state index contributed by atoms with van der Waals surface area (Å²) in [5.74, 6) is 0. The Labute approximate surface area is 125 Å². The van der Waals surface area contributed by atoms with Gasteiger partial charge in [-0.1, -0.05) is 0 Å². The SMILES string of the molecule is Cc1ccsc1C(O)c1c(Br)cnn1CCN(C)C. The van der Waals surface area contributed by atoms with Crippen LogP contribution >= 0.6 is 27.3 Å². The average Bonchev–Trinajstić information content (AvgIpc) is 2.92. The van der Waals surface area contributed by atoms with Crippen LogP contribution in [-0.2, 0) is 6.54 Å². The summed E-state index contributed by atoms with van der Waals surface area (Å²) in [7, 11) is 4.05. The molecule has 0 radical (unpaired) electrons. The predicted octanol–water partition coefficient (Wildman–Crippen LogP) is 2.66. The lowest BCUT2D eigenvalue weighted by Gasteiger charge is -2.16. The van der Waals surface area contributed by atoms with Crippen LogP contribution in [0.3, 0.4) is 0 Å². The number of halogens is 1. The molecule has 0 aliphatic heterocycles. The van der Waals surface area contributed by atoms with Crippen molar-refractivity contribution in [2.24, 2.45) is 0 Å². The van der Waals surface area contributed by atoms with Crippen molar-refractivity contribution in [2.75, 3.05) is 20.6 Å². The van der Waals surface area contributed by atoms with E-state index >= 15 is 0 Å². The van der Waals surface area contributed by atoms with E-state index in [4.69, 9.17) is 0 Å². The molecule has 0 amide bonds. The fourth-order valence-corrected chi connectivity index (χ4v) is 3.33. The van der Waals surface area contributed by atoms with Crippen molar-refractivity contribution in [1.82, 2.24) is 14.7 Å². The molecule has 6 heteroatoms. The molecule has 4 nitrogen and oxygen atoms in total. The summed E-state index contributed by atoms with van der Waals surface area (Å²) in [6, 6.07) is 2.03. The van der Waals surface area contributed by atoms with E-state index < -0.39 is 6.10 Å². The smallest absolute Gasteiger partial charge is 0.131 e. The summed E-state index contributed by atoms with van der Waals surface area (Å²) in [5, 5.41) is 16.9. The minimum absolute atomic E-state index is 0.626. The molecule has 0 fully saturated rings. The molecule has 0 bridgehead atoms. The van der Waals surface area contributed by atoms with Gasteiger partial charge in [0.15, 0.2) is 0 Å². The minimum atomic E-state index is -0.626. The van der Waals surface area contributed by atoms with Crippen LogP contribution in [0.1, 0.15) is 22.2 Å². The Hall–Kier alpha value is -0.690. The monoisotopic (exact) mass is 343 g/mol. The van der Waals surface area contributed by atoms with Gasteiger partial charge in [0.1, 0.15) is 6.10 Å². The zero-order chi connectivity index (χ0) is 14.0. The molecular formula is C13H18BrN3OS. The number of likely N-dealkylation sites (N-methyl/N-ethyl adjacent to an activating group) is 1. The molecule has 19 heavy (non-hydrogen) atoms. The quantitative estimate of drug-likeness (QED) is 0.907. The Balaban J connectivity index is 2.28. The van der Waals surface area contributed by atoms with Gasteiger partial charge < -0.3 is 10.0 Å². The summed E-state index contributed by atoms with van der Waals surface area (Å²) < 4.78 is 2.72. The van der Waals surface area contributed by atoms with Gasteiger partial charge in [-0.05, 0) is 54.0 Å². The fourth-order valence-electron chi connectivity index (χ4n) is 1.91. The normalized spacial score (nSPS) is 13.2. The van der Waals surface area contributed by atoms with E-state index in [0.29, 0.717) is 0 Å². The highest BCUT2D eigenvalue weighted by atomic mass is 79.9. The highest BCUT2D eigenvalue weighted by molar-refractivity contribution is 9.10. The predicted molar refractivity (Wildman–Crippen MR) is 81.6 cm³/mol. The summed E-state index contributed by atoms with van der Waals surface area (Å²) in [6.07, 6.45) is 1.12. The summed E-state index contributed by atoms with van der Waals surface area (Å²) in [5.41, 5.74) is 1.94. The third-order valence-electron chi connectivity index (χ3n) is 3.00. The Bertz CT molecular complexity index is 550. The topological polar surface area (TPSA) is 41.3 Å². The lowest BCUT2D eigenvalue weighted by atomic mass is 10.1. The molecule has 0 saturated carbocycles. The summed E-state index contributed by atoms with van der Waals surface area (Å²) >= 11 is 5.06. The van der Waals surface area contributed by atoms with Crippen LogP contribution in [0.4, 0.5) is 0 Å².